The molecule has 1 aliphatic heterocycles. The molecule has 1 heterocycles. The lowest BCUT2D eigenvalue weighted by molar-refractivity contribution is -0.145. The second kappa shape index (κ2) is 16.3. The van der Waals surface area contributed by atoms with Crippen molar-refractivity contribution in [3.05, 3.63) is 35.4 Å². The largest absolute Gasteiger partial charge is 0.463 e. The van der Waals surface area contributed by atoms with Gasteiger partial charge in [0.15, 0.2) is 0 Å². The molecule has 1 aliphatic rings. The van der Waals surface area contributed by atoms with Gasteiger partial charge in [0.25, 0.3) is 11.8 Å². The summed E-state index contributed by atoms with van der Waals surface area (Å²) in [4.78, 5) is 37.1. The van der Waals surface area contributed by atoms with Crippen LogP contribution in [0, 0.1) is 0 Å². The fourth-order valence-electron chi connectivity index (χ4n) is 3.17. The molecule has 0 spiro atoms. The van der Waals surface area contributed by atoms with Gasteiger partial charge in [0.1, 0.15) is 6.61 Å². The van der Waals surface area contributed by atoms with E-state index in [0.717, 1.165) is 19.3 Å². The van der Waals surface area contributed by atoms with Crippen molar-refractivity contribution in [3.63, 3.8) is 0 Å². The van der Waals surface area contributed by atoms with Crippen molar-refractivity contribution >= 4 is 17.8 Å². The monoisotopic (exact) mass is 465 g/mol. The van der Waals surface area contributed by atoms with E-state index in [2.05, 4.69) is 6.92 Å². The van der Waals surface area contributed by atoms with Crippen molar-refractivity contribution in [1.82, 2.24) is 4.90 Å². The summed E-state index contributed by atoms with van der Waals surface area (Å²) in [5, 5.41) is 0. The maximum absolute atomic E-state index is 12.2. The standard InChI is InChI=1S/C24H35NO8/c1-2-3-4-9-22(26)33-19-18-32-17-16-31-15-14-30-13-12-29-11-10-25-23(27)20-7-5-6-8-21(20)24(25)28/h5-8H,2-4,9-19H2,1H3. The number of carbonyl (C=O) groups excluding carboxylic acids is 3. The molecule has 184 valence electrons. The summed E-state index contributed by atoms with van der Waals surface area (Å²) in [6.45, 7) is 5.67. The van der Waals surface area contributed by atoms with Crippen molar-refractivity contribution in [2.75, 3.05) is 66.0 Å². The Kier molecular flexibility index (Phi) is 13.3. The second-order valence-corrected chi connectivity index (χ2v) is 7.43. The topological polar surface area (TPSA) is 101 Å². The van der Waals surface area contributed by atoms with E-state index in [-0.39, 0.29) is 37.5 Å². The first-order chi connectivity index (χ1) is 16.1. The Balaban J connectivity index is 1.33. The Morgan fingerprint density at radius 1 is 0.727 bits per heavy atom. The molecule has 0 fully saturated rings. The highest BCUT2D eigenvalue weighted by Crippen LogP contribution is 2.21. The third kappa shape index (κ3) is 10.00. The zero-order valence-electron chi connectivity index (χ0n) is 19.4. The van der Waals surface area contributed by atoms with E-state index in [9.17, 15) is 14.4 Å². The van der Waals surface area contributed by atoms with Crippen molar-refractivity contribution in [1.29, 1.82) is 0 Å². The molecule has 0 aliphatic carbocycles. The van der Waals surface area contributed by atoms with Gasteiger partial charge in [0.2, 0.25) is 0 Å². The first-order valence-electron chi connectivity index (χ1n) is 11.6. The van der Waals surface area contributed by atoms with Gasteiger partial charge in [-0.15, -0.1) is 0 Å². The van der Waals surface area contributed by atoms with Crippen LogP contribution >= 0.6 is 0 Å². The lowest BCUT2D eigenvalue weighted by Gasteiger charge is -2.13. The number of rotatable bonds is 19. The van der Waals surface area contributed by atoms with E-state index in [1.165, 1.54) is 4.90 Å². The molecule has 1 aromatic carbocycles. The van der Waals surface area contributed by atoms with Crippen LogP contribution in [0.3, 0.4) is 0 Å². The van der Waals surface area contributed by atoms with E-state index in [1.54, 1.807) is 24.3 Å². The number of fused-ring (bicyclic) bond motifs is 1. The molecular weight excluding hydrogens is 430 g/mol. The minimum Gasteiger partial charge on any atom is -0.463 e. The molecule has 0 saturated heterocycles. The number of hydrogen-bond acceptors (Lipinski definition) is 8. The summed E-state index contributed by atoms with van der Waals surface area (Å²) in [5.41, 5.74) is 0.884. The van der Waals surface area contributed by atoms with Crippen LogP contribution in [0.25, 0.3) is 0 Å². The number of benzene rings is 1. The number of amides is 2. The van der Waals surface area contributed by atoms with E-state index < -0.39 is 0 Å². The van der Waals surface area contributed by atoms with E-state index in [4.69, 9.17) is 23.7 Å². The van der Waals surface area contributed by atoms with Crippen LogP contribution in [0.1, 0.15) is 53.3 Å². The molecule has 0 atom stereocenters. The van der Waals surface area contributed by atoms with Gasteiger partial charge in [-0.25, -0.2) is 0 Å². The summed E-state index contributed by atoms with van der Waals surface area (Å²) in [6.07, 6.45) is 3.46. The lowest BCUT2D eigenvalue weighted by Crippen LogP contribution is -2.33. The average Bonchev–Trinajstić information content (AvgIpc) is 3.06. The predicted molar refractivity (Wildman–Crippen MR) is 120 cm³/mol. The number of carbonyl (C=O) groups is 3. The van der Waals surface area contributed by atoms with Crippen LogP contribution in [-0.4, -0.2) is 88.7 Å². The molecule has 0 N–H and O–H groups in total. The summed E-state index contributed by atoms with van der Waals surface area (Å²) in [7, 11) is 0. The maximum atomic E-state index is 12.2. The highest BCUT2D eigenvalue weighted by molar-refractivity contribution is 6.21. The molecule has 0 saturated carbocycles. The highest BCUT2D eigenvalue weighted by Gasteiger charge is 2.34. The van der Waals surface area contributed by atoms with Crippen molar-refractivity contribution < 1.29 is 38.1 Å². The van der Waals surface area contributed by atoms with E-state index in [1.807, 2.05) is 0 Å². The lowest BCUT2D eigenvalue weighted by atomic mass is 10.1. The van der Waals surface area contributed by atoms with E-state index >= 15 is 0 Å². The predicted octanol–water partition coefficient (Wildman–Crippen LogP) is 2.47. The summed E-state index contributed by atoms with van der Waals surface area (Å²) >= 11 is 0. The fourth-order valence-corrected chi connectivity index (χ4v) is 3.17. The Hall–Kier alpha value is -2.33. The zero-order valence-corrected chi connectivity index (χ0v) is 19.4. The quantitative estimate of drug-likeness (QED) is 0.175. The van der Waals surface area contributed by atoms with Gasteiger partial charge in [-0.1, -0.05) is 31.9 Å². The minimum absolute atomic E-state index is 0.173. The normalized spacial score (nSPS) is 12.9. The number of esters is 1. The fraction of sp³-hybridized carbons (Fsp3) is 0.625. The van der Waals surface area contributed by atoms with Crippen LogP contribution in [0.4, 0.5) is 0 Å². The number of ether oxygens (including phenoxy) is 5. The Morgan fingerprint density at radius 2 is 1.21 bits per heavy atom. The molecule has 9 heteroatoms. The maximum Gasteiger partial charge on any atom is 0.305 e. The van der Waals surface area contributed by atoms with Crippen LogP contribution in [0.2, 0.25) is 0 Å². The van der Waals surface area contributed by atoms with Crippen molar-refractivity contribution in [2.24, 2.45) is 0 Å². The van der Waals surface area contributed by atoms with Crippen molar-refractivity contribution in [2.45, 2.75) is 32.6 Å². The van der Waals surface area contributed by atoms with Crippen molar-refractivity contribution in [3.8, 4) is 0 Å². The number of nitrogens with zero attached hydrogens (tertiary/aromatic N) is 1. The average molecular weight is 466 g/mol. The number of imide groups is 1. The molecular formula is C24H35NO8. The van der Waals surface area contributed by atoms with Gasteiger partial charge >= 0.3 is 5.97 Å². The number of hydrogen-bond donors (Lipinski definition) is 0. The van der Waals surface area contributed by atoms with Gasteiger partial charge in [0.05, 0.1) is 70.5 Å². The zero-order chi connectivity index (χ0) is 23.7. The number of unbranched alkanes of at least 4 members (excludes halogenated alkanes) is 2. The van der Waals surface area contributed by atoms with Gasteiger partial charge in [0, 0.05) is 6.42 Å². The minimum atomic E-state index is -0.278. The Morgan fingerprint density at radius 3 is 1.73 bits per heavy atom. The van der Waals surface area contributed by atoms with Gasteiger partial charge in [-0.05, 0) is 18.6 Å². The van der Waals surface area contributed by atoms with Gasteiger partial charge < -0.3 is 23.7 Å². The first-order valence-corrected chi connectivity index (χ1v) is 11.6. The molecule has 2 amide bonds. The Bertz CT molecular complexity index is 704. The Labute approximate surface area is 195 Å². The van der Waals surface area contributed by atoms with Crippen LogP contribution in [0.15, 0.2) is 24.3 Å². The van der Waals surface area contributed by atoms with Gasteiger partial charge in [-0.3, -0.25) is 19.3 Å². The molecule has 0 aromatic heterocycles. The summed E-state index contributed by atoms with van der Waals surface area (Å²) in [6, 6.07) is 6.80. The molecule has 1 aromatic rings. The molecule has 0 bridgehead atoms. The van der Waals surface area contributed by atoms with Crippen LogP contribution < -0.4 is 0 Å². The molecule has 2 rings (SSSR count). The SMILES string of the molecule is CCCCCC(=O)OCCOCCOCCOCCOCCN1C(=O)c2ccccc2C1=O. The second-order valence-electron chi connectivity index (χ2n) is 7.43. The summed E-state index contributed by atoms with van der Waals surface area (Å²) < 4.78 is 26.7. The third-order valence-corrected chi connectivity index (χ3v) is 4.93. The van der Waals surface area contributed by atoms with E-state index in [0.29, 0.717) is 63.8 Å². The van der Waals surface area contributed by atoms with Crippen LogP contribution in [-0.2, 0) is 28.5 Å². The highest BCUT2D eigenvalue weighted by atomic mass is 16.6. The molecule has 0 radical (unpaired) electrons. The first kappa shape index (κ1) is 26.9. The molecule has 0 unspecified atom stereocenters. The third-order valence-electron chi connectivity index (χ3n) is 4.93. The van der Waals surface area contributed by atoms with Crippen LogP contribution in [0.5, 0.6) is 0 Å². The molecule has 9 nitrogen and oxygen atoms in total. The smallest absolute Gasteiger partial charge is 0.305 e. The summed E-state index contributed by atoms with van der Waals surface area (Å²) in [5.74, 6) is -0.729. The van der Waals surface area contributed by atoms with Gasteiger partial charge in [-0.2, -0.15) is 0 Å². The molecule has 33 heavy (non-hydrogen) atoms.